The van der Waals surface area contributed by atoms with E-state index in [0.717, 1.165) is 11.4 Å². The largest absolute Gasteiger partial charge is 0.454 e. The van der Waals surface area contributed by atoms with Gasteiger partial charge in [-0.25, -0.2) is 23.2 Å². The number of halogens is 1. The lowest BCUT2D eigenvalue weighted by atomic mass is 10.0. The maximum absolute atomic E-state index is 11.4. The second-order valence-electron chi connectivity index (χ2n) is 5.30. The fourth-order valence-corrected chi connectivity index (χ4v) is 2.38. The van der Waals surface area contributed by atoms with Crippen LogP contribution in [0.5, 0.6) is 0 Å². The number of benzene rings is 1. The minimum Gasteiger partial charge on any atom is -0.454 e. The third-order valence-corrected chi connectivity index (χ3v) is 3.27. The maximum Gasteiger partial charge on any atom is 0.303 e. The number of aromatic nitrogens is 3. The number of hydrogen-bond donors (Lipinski definition) is 0. The van der Waals surface area contributed by atoms with Gasteiger partial charge in [-0.1, -0.05) is 30.3 Å². The summed E-state index contributed by atoms with van der Waals surface area (Å²) in [4.78, 5) is 11.4. The van der Waals surface area contributed by atoms with E-state index >= 15 is 0 Å². The lowest BCUT2D eigenvalue weighted by Gasteiger charge is -2.22. The zero-order chi connectivity index (χ0) is 19.2. The van der Waals surface area contributed by atoms with Crippen molar-refractivity contribution < 1.29 is 43.0 Å². The van der Waals surface area contributed by atoms with Crippen molar-refractivity contribution in [1.29, 1.82) is 0 Å². The Morgan fingerprint density at radius 1 is 1.24 bits per heavy atom. The molecule has 2 rings (SSSR count). The zero-order valence-electron chi connectivity index (χ0n) is 14.3. The first kappa shape index (κ1) is 21.0. The smallest absolute Gasteiger partial charge is 0.303 e. The van der Waals surface area contributed by atoms with Gasteiger partial charge in [-0.15, -0.1) is 14.9 Å². The second kappa shape index (κ2) is 8.88. The molecule has 0 unspecified atom stereocenters. The molecular formula is C15H20ClN3O6. The van der Waals surface area contributed by atoms with E-state index in [4.69, 9.17) is 23.4 Å². The van der Waals surface area contributed by atoms with Crippen LogP contribution in [0.1, 0.15) is 37.4 Å². The van der Waals surface area contributed by atoms with Crippen molar-refractivity contribution in [1.82, 2.24) is 9.78 Å². The first-order chi connectivity index (χ1) is 11.5. The quantitative estimate of drug-likeness (QED) is 0.414. The molecule has 1 aromatic carbocycles. The second-order valence-corrected chi connectivity index (χ2v) is 6.06. The van der Waals surface area contributed by atoms with Gasteiger partial charge in [0.25, 0.3) is 5.82 Å². The molecule has 2 atom stereocenters. The van der Waals surface area contributed by atoms with Crippen molar-refractivity contribution in [2.75, 3.05) is 0 Å². The van der Waals surface area contributed by atoms with Gasteiger partial charge < -0.3 is 4.74 Å². The summed E-state index contributed by atoms with van der Waals surface area (Å²) in [5.41, 5.74) is 0.978. The molecule has 2 aromatic rings. The Bertz CT molecular complexity index is 680. The Morgan fingerprint density at radius 3 is 2.16 bits per heavy atom. The maximum atomic E-state index is 11.4. The Balaban J connectivity index is 0.000000550. The molecule has 9 nitrogen and oxygen atoms in total. The third kappa shape index (κ3) is 7.59. The van der Waals surface area contributed by atoms with Crippen molar-refractivity contribution in [2.45, 2.75) is 32.9 Å². The highest BCUT2D eigenvalue weighted by molar-refractivity contribution is 5.66. The van der Waals surface area contributed by atoms with Crippen LogP contribution < -0.4 is 23.2 Å². The minimum atomic E-state index is -4.94. The molecular weight excluding hydrogens is 354 g/mol. The Morgan fingerprint density at radius 2 is 1.76 bits per heavy atom. The molecule has 138 valence electrons. The normalized spacial score (nSPS) is 13.4. The van der Waals surface area contributed by atoms with Gasteiger partial charge in [0.1, 0.15) is 6.04 Å². The molecule has 0 N–H and O–H groups in total. The van der Waals surface area contributed by atoms with Crippen LogP contribution in [0.15, 0.2) is 36.7 Å². The molecule has 0 aliphatic heterocycles. The first-order valence-electron chi connectivity index (χ1n) is 7.24. The highest BCUT2D eigenvalue weighted by atomic mass is 35.7. The van der Waals surface area contributed by atoms with Crippen LogP contribution in [0.3, 0.4) is 0 Å². The van der Waals surface area contributed by atoms with Crippen LogP contribution in [0.25, 0.3) is 0 Å². The van der Waals surface area contributed by atoms with Crippen LogP contribution in [0.4, 0.5) is 0 Å². The van der Waals surface area contributed by atoms with Gasteiger partial charge in [0, 0.05) is 18.9 Å². The van der Waals surface area contributed by atoms with E-state index in [1.807, 2.05) is 62.1 Å². The SMILES string of the molecule is CC(=O)O[C@H](c1ccccc1)[C@H](C)[n+]1cn(C)nc1C.[O-][Cl+3]([O-])([O-])[O-]. The van der Waals surface area contributed by atoms with E-state index in [-0.39, 0.29) is 18.1 Å². The summed E-state index contributed by atoms with van der Waals surface area (Å²) in [6.45, 7) is 5.39. The average Bonchev–Trinajstić information content (AvgIpc) is 2.82. The van der Waals surface area contributed by atoms with E-state index in [1.165, 1.54) is 6.92 Å². The summed E-state index contributed by atoms with van der Waals surface area (Å²) < 4.78 is 43.3. The standard InChI is InChI=1S/C15H20N3O2.ClHO4/c1-11(18-10-17(4)16-12(18)2)15(20-13(3)19)14-8-6-5-7-9-14;2-1(3,4)5/h5-11,15H,1-4H3;(H,2,3,4,5)/q+1;/p-1/t11-,15-;/m0./s1. The van der Waals surface area contributed by atoms with Crippen molar-refractivity contribution >= 4 is 5.97 Å². The molecule has 25 heavy (non-hydrogen) atoms. The Kier molecular flexibility index (Phi) is 7.46. The third-order valence-electron chi connectivity index (χ3n) is 3.27. The summed E-state index contributed by atoms with van der Waals surface area (Å²) in [6, 6.07) is 9.74. The number of hydrogen-bond acceptors (Lipinski definition) is 7. The molecule has 0 aliphatic carbocycles. The van der Waals surface area contributed by atoms with E-state index in [2.05, 4.69) is 5.10 Å². The summed E-state index contributed by atoms with van der Waals surface area (Å²) in [6.07, 6.45) is 1.57. The van der Waals surface area contributed by atoms with E-state index in [0.29, 0.717) is 0 Å². The number of esters is 1. The van der Waals surface area contributed by atoms with Crippen molar-refractivity contribution in [3.63, 3.8) is 0 Å². The summed E-state index contributed by atoms with van der Waals surface area (Å²) in [5.74, 6) is 0.598. The molecule has 0 spiro atoms. The fourth-order valence-electron chi connectivity index (χ4n) is 2.38. The monoisotopic (exact) mass is 373 g/mol. The highest BCUT2D eigenvalue weighted by Gasteiger charge is 2.28. The lowest BCUT2D eigenvalue weighted by Crippen LogP contribution is -2.68. The van der Waals surface area contributed by atoms with Crippen LogP contribution in [-0.4, -0.2) is 15.7 Å². The van der Waals surface area contributed by atoms with Gasteiger partial charge in [-0.3, -0.25) is 4.79 Å². The fraction of sp³-hybridized carbons (Fsp3) is 0.400. The molecule has 10 heteroatoms. The van der Waals surface area contributed by atoms with Gasteiger partial charge in [0.05, 0.1) is 7.05 Å². The van der Waals surface area contributed by atoms with Crippen molar-refractivity contribution in [2.24, 2.45) is 7.05 Å². The highest BCUT2D eigenvalue weighted by Crippen LogP contribution is 2.26. The van der Waals surface area contributed by atoms with Gasteiger partial charge in [-0.05, 0) is 12.5 Å². The van der Waals surface area contributed by atoms with Crippen LogP contribution >= 0.6 is 0 Å². The van der Waals surface area contributed by atoms with E-state index in [1.54, 1.807) is 4.68 Å². The molecule has 0 fully saturated rings. The van der Waals surface area contributed by atoms with E-state index in [9.17, 15) is 4.79 Å². The molecule has 0 aliphatic rings. The van der Waals surface area contributed by atoms with Gasteiger partial charge in [-0.2, -0.15) is 0 Å². The summed E-state index contributed by atoms with van der Waals surface area (Å²) in [5, 5.41) is 4.33. The number of rotatable bonds is 4. The summed E-state index contributed by atoms with van der Waals surface area (Å²) in [7, 11) is -3.07. The van der Waals surface area contributed by atoms with Gasteiger partial charge in [0.15, 0.2) is 6.10 Å². The summed E-state index contributed by atoms with van der Waals surface area (Å²) >= 11 is 0. The van der Waals surface area contributed by atoms with Crippen molar-refractivity contribution in [3.8, 4) is 0 Å². The van der Waals surface area contributed by atoms with E-state index < -0.39 is 10.2 Å². The van der Waals surface area contributed by atoms with Gasteiger partial charge >= 0.3 is 5.97 Å². The number of nitrogens with zero attached hydrogens (tertiary/aromatic N) is 3. The average molecular weight is 374 g/mol. The molecule has 0 saturated carbocycles. The molecule has 1 heterocycles. The number of carbonyl (C=O) groups is 1. The zero-order valence-corrected chi connectivity index (χ0v) is 15.0. The predicted molar refractivity (Wildman–Crippen MR) is 73.8 cm³/mol. The number of aryl methyl sites for hydroxylation is 2. The molecule has 0 amide bonds. The molecule has 1 aromatic heterocycles. The lowest BCUT2D eigenvalue weighted by molar-refractivity contribution is -2.00. The molecule has 0 bridgehead atoms. The topological polar surface area (TPSA) is 140 Å². The Hall–Kier alpha value is -2.04. The molecule has 0 radical (unpaired) electrons. The Labute approximate surface area is 147 Å². The number of ether oxygens (including phenoxy) is 1. The van der Waals surface area contributed by atoms with Gasteiger partial charge in [0.2, 0.25) is 6.33 Å². The first-order valence-corrected chi connectivity index (χ1v) is 8.47. The van der Waals surface area contributed by atoms with Crippen LogP contribution in [0, 0.1) is 17.2 Å². The molecule has 0 saturated heterocycles. The van der Waals surface area contributed by atoms with Crippen molar-refractivity contribution in [3.05, 3.63) is 48.0 Å². The van der Waals surface area contributed by atoms with Crippen LogP contribution in [0.2, 0.25) is 0 Å². The minimum absolute atomic E-state index is 0.0324. The van der Waals surface area contributed by atoms with Crippen LogP contribution in [-0.2, 0) is 16.6 Å². The predicted octanol–water partition coefficient (Wildman–Crippen LogP) is -2.87. The number of carbonyl (C=O) groups excluding carboxylic acids is 1.